The zero-order valence-electron chi connectivity index (χ0n) is 9.20. The fraction of sp³-hybridized carbons (Fsp3) is 0.417. The van der Waals surface area contributed by atoms with Crippen LogP contribution in [0.1, 0.15) is 30.5 Å². The van der Waals surface area contributed by atoms with Crippen LogP contribution >= 0.6 is 0 Å². The molecule has 0 radical (unpaired) electrons. The second-order valence-electron chi connectivity index (χ2n) is 3.89. The van der Waals surface area contributed by atoms with Crippen LogP contribution in [0.4, 0.5) is 0 Å². The van der Waals surface area contributed by atoms with E-state index in [1.165, 1.54) is 0 Å². The molecule has 2 heteroatoms. The van der Waals surface area contributed by atoms with Gasteiger partial charge in [0.15, 0.2) is 0 Å². The van der Waals surface area contributed by atoms with Crippen LogP contribution in [-0.4, -0.2) is 17.4 Å². The molecule has 0 saturated carbocycles. The molecule has 1 aromatic rings. The van der Waals surface area contributed by atoms with Crippen molar-refractivity contribution in [2.45, 2.75) is 33.7 Å². The third-order valence-electron chi connectivity index (χ3n) is 1.99. The molecule has 0 amide bonds. The smallest absolute Gasteiger partial charge is 0.127 e. The topological polar surface area (TPSA) is 32.6 Å². The Hall–Kier alpha value is -1.31. The number of hydrogen-bond donors (Lipinski definition) is 1. The summed E-state index contributed by atoms with van der Waals surface area (Å²) in [5.74, 6) is 0.333. The standard InChI is InChI=1S/C12H17NO/c1-8(2)13-7-11-6-9(3)5-10(4)12(11)14/h5-8,14H,1-4H3. The lowest BCUT2D eigenvalue weighted by molar-refractivity contribution is 0.470. The van der Waals surface area contributed by atoms with Gasteiger partial charge in [-0.1, -0.05) is 6.07 Å². The molecule has 1 N–H and O–H groups in total. The summed E-state index contributed by atoms with van der Waals surface area (Å²) in [6.45, 7) is 7.93. The highest BCUT2D eigenvalue weighted by atomic mass is 16.3. The number of aryl methyl sites for hydroxylation is 2. The van der Waals surface area contributed by atoms with Crippen molar-refractivity contribution in [2.24, 2.45) is 4.99 Å². The molecule has 0 bridgehead atoms. The Morgan fingerprint density at radius 2 is 1.93 bits per heavy atom. The minimum absolute atomic E-state index is 0.259. The summed E-state index contributed by atoms with van der Waals surface area (Å²) in [4.78, 5) is 4.25. The number of hydrogen-bond acceptors (Lipinski definition) is 2. The number of benzene rings is 1. The van der Waals surface area contributed by atoms with E-state index < -0.39 is 0 Å². The maximum absolute atomic E-state index is 9.74. The molecular weight excluding hydrogens is 174 g/mol. The minimum Gasteiger partial charge on any atom is -0.507 e. The second-order valence-corrected chi connectivity index (χ2v) is 3.89. The molecular formula is C12H17NO. The first-order valence-electron chi connectivity index (χ1n) is 4.84. The third-order valence-corrected chi connectivity index (χ3v) is 1.99. The SMILES string of the molecule is Cc1cc(C)c(O)c(C=NC(C)C)c1. The van der Waals surface area contributed by atoms with Gasteiger partial charge in [0.2, 0.25) is 0 Å². The van der Waals surface area contributed by atoms with Crippen molar-refractivity contribution in [1.82, 2.24) is 0 Å². The summed E-state index contributed by atoms with van der Waals surface area (Å²) in [5, 5.41) is 9.74. The molecule has 0 fully saturated rings. The van der Waals surface area contributed by atoms with Crippen molar-refractivity contribution in [1.29, 1.82) is 0 Å². The zero-order valence-corrected chi connectivity index (χ0v) is 9.20. The van der Waals surface area contributed by atoms with Crippen LogP contribution in [-0.2, 0) is 0 Å². The maximum Gasteiger partial charge on any atom is 0.127 e. The van der Waals surface area contributed by atoms with Crippen molar-refractivity contribution < 1.29 is 5.11 Å². The van der Waals surface area contributed by atoms with Crippen LogP contribution in [0.25, 0.3) is 0 Å². The molecule has 76 valence electrons. The average molecular weight is 191 g/mol. The Morgan fingerprint density at radius 3 is 2.50 bits per heavy atom. The van der Waals surface area contributed by atoms with E-state index in [2.05, 4.69) is 4.99 Å². The Morgan fingerprint density at radius 1 is 1.29 bits per heavy atom. The zero-order chi connectivity index (χ0) is 10.7. The molecule has 0 atom stereocenters. The van der Waals surface area contributed by atoms with Crippen molar-refractivity contribution in [3.8, 4) is 5.75 Å². The monoisotopic (exact) mass is 191 g/mol. The molecule has 0 spiro atoms. The number of rotatable bonds is 2. The molecule has 0 aliphatic rings. The number of nitrogens with zero attached hydrogens (tertiary/aromatic N) is 1. The van der Waals surface area contributed by atoms with Crippen LogP contribution < -0.4 is 0 Å². The van der Waals surface area contributed by atoms with E-state index in [0.717, 1.165) is 16.7 Å². The fourth-order valence-corrected chi connectivity index (χ4v) is 1.32. The van der Waals surface area contributed by atoms with Crippen molar-refractivity contribution >= 4 is 6.21 Å². The van der Waals surface area contributed by atoms with E-state index >= 15 is 0 Å². The highest BCUT2D eigenvalue weighted by Gasteiger charge is 2.02. The van der Waals surface area contributed by atoms with Gasteiger partial charge in [-0.2, -0.15) is 0 Å². The van der Waals surface area contributed by atoms with Gasteiger partial charge in [-0.3, -0.25) is 4.99 Å². The van der Waals surface area contributed by atoms with Gasteiger partial charge in [-0.15, -0.1) is 0 Å². The highest BCUT2D eigenvalue weighted by molar-refractivity contribution is 5.84. The lowest BCUT2D eigenvalue weighted by atomic mass is 10.1. The fourth-order valence-electron chi connectivity index (χ4n) is 1.32. The molecule has 0 heterocycles. The Balaban J connectivity index is 3.08. The van der Waals surface area contributed by atoms with E-state index in [0.29, 0.717) is 5.75 Å². The first-order chi connectivity index (χ1) is 6.50. The maximum atomic E-state index is 9.74. The van der Waals surface area contributed by atoms with E-state index in [1.54, 1.807) is 6.21 Å². The number of phenolic OH excluding ortho intramolecular Hbond substituents is 1. The van der Waals surface area contributed by atoms with Crippen LogP contribution in [0.5, 0.6) is 5.75 Å². The predicted octanol–water partition coefficient (Wildman–Crippen LogP) is 2.84. The van der Waals surface area contributed by atoms with Crippen LogP contribution in [0.15, 0.2) is 17.1 Å². The lowest BCUT2D eigenvalue weighted by Gasteiger charge is -2.05. The first-order valence-corrected chi connectivity index (χ1v) is 4.84. The third kappa shape index (κ3) is 2.59. The molecule has 1 aromatic carbocycles. The summed E-state index contributed by atoms with van der Waals surface area (Å²) in [5.41, 5.74) is 2.84. The largest absolute Gasteiger partial charge is 0.507 e. The normalized spacial score (nSPS) is 11.5. The van der Waals surface area contributed by atoms with E-state index in [-0.39, 0.29) is 6.04 Å². The van der Waals surface area contributed by atoms with Crippen LogP contribution in [0, 0.1) is 13.8 Å². The molecule has 0 saturated heterocycles. The van der Waals surface area contributed by atoms with Crippen molar-refractivity contribution in [2.75, 3.05) is 0 Å². The van der Waals surface area contributed by atoms with Gasteiger partial charge in [0.1, 0.15) is 5.75 Å². The lowest BCUT2D eigenvalue weighted by Crippen LogP contribution is -1.92. The van der Waals surface area contributed by atoms with Gasteiger partial charge in [-0.25, -0.2) is 0 Å². The summed E-state index contributed by atoms with van der Waals surface area (Å²) >= 11 is 0. The predicted molar refractivity (Wildman–Crippen MR) is 60.3 cm³/mol. The summed E-state index contributed by atoms with van der Waals surface area (Å²) < 4.78 is 0. The molecule has 1 rings (SSSR count). The van der Waals surface area contributed by atoms with Gasteiger partial charge in [0, 0.05) is 17.8 Å². The average Bonchev–Trinajstić information content (AvgIpc) is 2.08. The number of phenols is 1. The molecule has 0 aromatic heterocycles. The first kappa shape index (κ1) is 10.8. The Labute approximate surface area is 85.3 Å². The van der Waals surface area contributed by atoms with Gasteiger partial charge in [-0.05, 0) is 44.9 Å². The molecule has 2 nitrogen and oxygen atoms in total. The van der Waals surface area contributed by atoms with E-state index in [1.807, 2.05) is 39.8 Å². The molecule has 0 aliphatic carbocycles. The number of aliphatic imine (C=N–C) groups is 1. The summed E-state index contributed by atoms with van der Waals surface area (Å²) in [7, 11) is 0. The van der Waals surface area contributed by atoms with E-state index in [4.69, 9.17) is 0 Å². The van der Waals surface area contributed by atoms with Crippen LogP contribution in [0.2, 0.25) is 0 Å². The minimum atomic E-state index is 0.259. The Kier molecular flexibility index (Phi) is 3.28. The highest BCUT2D eigenvalue weighted by Crippen LogP contribution is 2.22. The molecule has 0 unspecified atom stereocenters. The quantitative estimate of drug-likeness (QED) is 0.716. The van der Waals surface area contributed by atoms with Crippen molar-refractivity contribution in [3.05, 3.63) is 28.8 Å². The van der Waals surface area contributed by atoms with Gasteiger partial charge in [0.05, 0.1) is 0 Å². The van der Waals surface area contributed by atoms with Gasteiger partial charge < -0.3 is 5.11 Å². The Bertz CT molecular complexity index is 354. The van der Waals surface area contributed by atoms with Gasteiger partial charge >= 0.3 is 0 Å². The second kappa shape index (κ2) is 4.27. The molecule has 0 aliphatic heterocycles. The summed E-state index contributed by atoms with van der Waals surface area (Å²) in [6, 6.07) is 4.16. The van der Waals surface area contributed by atoms with Crippen molar-refractivity contribution in [3.63, 3.8) is 0 Å². The summed E-state index contributed by atoms with van der Waals surface area (Å²) in [6.07, 6.45) is 1.74. The molecule has 14 heavy (non-hydrogen) atoms. The van der Waals surface area contributed by atoms with E-state index in [9.17, 15) is 5.11 Å². The van der Waals surface area contributed by atoms with Gasteiger partial charge in [0.25, 0.3) is 0 Å². The van der Waals surface area contributed by atoms with Crippen LogP contribution in [0.3, 0.4) is 0 Å². The number of aromatic hydroxyl groups is 1.